The van der Waals surface area contributed by atoms with Crippen LogP contribution in [0, 0.1) is 0 Å². The van der Waals surface area contributed by atoms with Crippen LogP contribution in [0.15, 0.2) is 35.3 Å². The third-order valence-electron chi connectivity index (χ3n) is 4.43. The molecule has 0 amide bonds. The molecule has 2 aliphatic heterocycles. The number of hydrogen-bond acceptors (Lipinski definition) is 6. The van der Waals surface area contributed by atoms with E-state index in [1.54, 1.807) is 21.3 Å². The number of nitrogens with zero attached hydrogens (tertiary/aromatic N) is 1. The van der Waals surface area contributed by atoms with E-state index in [9.17, 15) is 0 Å². The van der Waals surface area contributed by atoms with Gasteiger partial charge in [-0.2, -0.15) is 0 Å². The van der Waals surface area contributed by atoms with Crippen molar-refractivity contribution in [1.82, 2.24) is 0 Å². The first-order valence-electron chi connectivity index (χ1n) is 7.97. The van der Waals surface area contributed by atoms with E-state index in [0.717, 1.165) is 28.2 Å². The summed E-state index contributed by atoms with van der Waals surface area (Å²) in [4.78, 5) is 4.66. The lowest BCUT2D eigenvalue weighted by Crippen LogP contribution is -2.13. The molecule has 2 heterocycles. The van der Waals surface area contributed by atoms with E-state index < -0.39 is 0 Å². The maximum absolute atomic E-state index is 5.56. The highest BCUT2D eigenvalue weighted by Gasteiger charge is 2.35. The van der Waals surface area contributed by atoms with E-state index in [-0.39, 0.29) is 6.04 Å². The van der Waals surface area contributed by atoms with Crippen molar-refractivity contribution in [3.8, 4) is 23.0 Å². The maximum atomic E-state index is 5.56. The van der Waals surface area contributed by atoms with Crippen molar-refractivity contribution < 1.29 is 23.7 Å². The van der Waals surface area contributed by atoms with E-state index in [1.165, 1.54) is 0 Å². The van der Waals surface area contributed by atoms with Gasteiger partial charge in [-0.1, -0.05) is 12.1 Å². The summed E-state index contributed by atoms with van der Waals surface area (Å²) < 4.78 is 27.2. The SMILES string of the molecule is COc1cc(C2=NC2c2cccc3c2COCO3)cc(OC)c1OC. The number of benzene rings is 2. The molecule has 2 aromatic carbocycles. The Morgan fingerprint density at radius 3 is 2.48 bits per heavy atom. The number of ether oxygens (including phenoxy) is 5. The predicted octanol–water partition coefficient (Wildman–Crippen LogP) is 3.12. The molecule has 2 aromatic rings. The molecule has 0 saturated carbocycles. The van der Waals surface area contributed by atoms with Crippen LogP contribution in [-0.4, -0.2) is 33.8 Å². The van der Waals surface area contributed by atoms with Gasteiger partial charge in [-0.3, -0.25) is 4.99 Å². The molecule has 0 saturated heterocycles. The van der Waals surface area contributed by atoms with Crippen molar-refractivity contribution in [2.45, 2.75) is 12.6 Å². The summed E-state index contributed by atoms with van der Waals surface area (Å²) >= 11 is 0. The average Bonchev–Trinajstić information content (AvgIpc) is 3.47. The summed E-state index contributed by atoms with van der Waals surface area (Å²) in [6.07, 6.45) is 0. The van der Waals surface area contributed by atoms with Gasteiger partial charge in [0.2, 0.25) is 5.75 Å². The fourth-order valence-corrected chi connectivity index (χ4v) is 3.16. The summed E-state index contributed by atoms with van der Waals surface area (Å²) in [7, 11) is 4.80. The molecule has 0 radical (unpaired) electrons. The van der Waals surface area contributed by atoms with E-state index in [1.807, 2.05) is 24.3 Å². The molecule has 0 fully saturated rings. The van der Waals surface area contributed by atoms with Crippen LogP contribution in [0.5, 0.6) is 23.0 Å². The molecule has 0 aromatic heterocycles. The van der Waals surface area contributed by atoms with Crippen LogP contribution in [0.1, 0.15) is 22.7 Å². The fraction of sp³-hybridized carbons (Fsp3) is 0.316. The molecule has 1 unspecified atom stereocenters. The molecule has 130 valence electrons. The zero-order valence-corrected chi connectivity index (χ0v) is 14.4. The van der Waals surface area contributed by atoms with Crippen LogP contribution in [0.4, 0.5) is 0 Å². The molecular formula is C19H19NO5. The highest BCUT2D eigenvalue weighted by atomic mass is 16.7. The number of fused-ring (bicyclic) bond motifs is 1. The Hall–Kier alpha value is -2.73. The predicted molar refractivity (Wildman–Crippen MR) is 92.1 cm³/mol. The molecule has 1 atom stereocenters. The molecule has 0 spiro atoms. The molecule has 6 heteroatoms. The lowest BCUT2D eigenvalue weighted by molar-refractivity contribution is -0.0168. The minimum absolute atomic E-state index is 0.00283. The van der Waals surface area contributed by atoms with Gasteiger partial charge in [0.1, 0.15) is 11.8 Å². The molecule has 0 N–H and O–H groups in total. The molecule has 2 aliphatic rings. The van der Waals surface area contributed by atoms with Gasteiger partial charge in [-0.15, -0.1) is 0 Å². The molecular weight excluding hydrogens is 322 g/mol. The van der Waals surface area contributed by atoms with Gasteiger partial charge in [0.15, 0.2) is 18.3 Å². The van der Waals surface area contributed by atoms with Crippen molar-refractivity contribution in [2.75, 3.05) is 28.1 Å². The Balaban J connectivity index is 1.67. The van der Waals surface area contributed by atoms with Crippen LogP contribution >= 0.6 is 0 Å². The van der Waals surface area contributed by atoms with Gasteiger partial charge in [0.25, 0.3) is 0 Å². The third kappa shape index (κ3) is 2.68. The standard InChI is InChI=1S/C19H19NO5/c1-21-15-7-11(8-16(22-2)19(15)23-3)17-18(20-17)12-5-4-6-14-13(12)9-24-10-25-14/h4-8,18H,9-10H2,1-3H3. The summed E-state index contributed by atoms with van der Waals surface area (Å²) in [6.45, 7) is 0.835. The van der Waals surface area contributed by atoms with Crippen molar-refractivity contribution in [2.24, 2.45) is 4.99 Å². The van der Waals surface area contributed by atoms with Crippen molar-refractivity contribution in [3.63, 3.8) is 0 Å². The average molecular weight is 341 g/mol. The first-order chi connectivity index (χ1) is 12.3. The highest BCUT2D eigenvalue weighted by molar-refractivity contribution is 6.14. The molecule has 0 bridgehead atoms. The summed E-state index contributed by atoms with van der Waals surface area (Å²) in [5.74, 6) is 2.68. The minimum Gasteiger partial charge on any atom is -0.493 e. The van der Waals surface area contributed by atoms with Gasteiger partial charge in [-0.05, 0) is 23.8 Å². The van der Waals surface area contributed by atoms with Crippen LogP contribution < -0.4 is 18.9 Å². The van der Waals surface area contributed by atoms with Crippen LogP contribution in [0.3, 0.4) is 0 Å². The van der Waals surface area contributed by atoms with Gasteiger partial charge in [0, 0.05) is 11.1 Å². The van der Waals surface area contributed by atoms with Crippen molar-refractivity contribution >= 4 is 5.71 Å². The Bertz CT molecular complexity index is 821. The minimum atomic E-state index is 0.00283. The van der Waals surface area contributed by atoms with E-state index in [0.29, 0.717) is 30.6 Å². The van der Waals surface area contributed by atoms with Crippen LogP contribution in [-0.2, 0) is 11.3 Å². The normalized spacial score (nSPS) is 17.9. The van der Waals surface area contributed by atoms with Crippen molar-refractivity contribution in [3.05, 3.63) is 47.0 Å². The highest BCUT2D eigenvalue weighted by Crippen LogP contribution is 2.44. The van der Waals surface area contributed by atoms with Crippen molar-refractivity contribution in [1.29, 1.82) is 0 Å². The second-order valence-corrected chi connectivity index (χ2v) is 5.77. The van der Waals surface area contributed by atoms with E-state index >= 15 is 0 Å². The number of aliphatic imine (C=N–C) groups is 1. The molecule has 6 nitrogen and oxygen atoms in total. The fourth-order valence-electron chi connectivity index (χ4n) is 3.16. The number of hydrogen-bond donors (Lipinski definition) is 0. The smallest absolute Gasteiger partial charge is 0.203 e. The van der Waals surface area contributed by atoms with Gasteiger partial charge >= 0.3 is 0 Å². The zero-order chi connectivity index (χ0) is 17.4. The topological polar surface area (TPSA) is 58.5 Å². The molecule has 25 heavy (non-hydrogen) atoms. The first kappa shape index (κ1) is 15.8. The zero-order valence-electron chi connectivity index (χ0n) is 14.4. The quantitative estimate of drug-likeness (QED) is 0.836. The Kier molecular flexibility index (Phi) is 3.97. The summed E-state index contributed by atoms with van der Waals surface area (Å²) in [6, 6.07) is 9.85. The second kappa shape index (κ2) is 6.29. The Morgan fingerprint density at radius 1 is 1.04 bits per heavy atom. The summed E-state index contributed by atoms with van der Waals surface area (Å²) in [5.41, 5.74) is 4.11. The lowest BCUT2D eigenvalue weighted by atomic mass is 9.98. The van der Waals surface area contributed by atoms with E-state index in [2.05, 4.69) is 11.1 Å². The number of rotatable bonds is 5. The summed E-state index contributed by atoms with van der Waals surface area (Å²) in [5, 5.41) is 0. The van der Waals surface area contributed by atoms with Gasteiger partial charge in [0.05, 0.1) is 33.6 Å². The number of methoxy groups -OCH3 is 3. The van der Waals surface area contributed by atoms with Gasteiger partial charge in [-0.25, -0.2) is 0 Å². The van der Waals surface area contributed by atoms with Gasteiger partial charge < -0.3 is 23.7 Å². The second-order valence-electron chi connectivity index (χ2n) is 5.77. The first-order valence-corrected chi connectivity index (χ1v) is 7.97. The van der Waals surface area contributed by atoms with Crippen LogP contribution in [0.2, 0.25) is 0 Å². The largest absolute Gasteiger partial charge is 0.493 e. The molecule has 0 aliphatic carbocycles. The lowest BCUT2D eigenvalue weighted by Gasteiger charge is -2.20. The maximum Gasteiger partial charge on any atom is 0.203 e. The Labute approximate surface area is 145 Å². The third-order valence-corrected chi connectivity index (χ3v) is 4.43. The van der Waals surface area contributed by atoms with Crippen LogP contribution in [0.25, 0.3) is 0 Å². The van der Waals surface area contributed by atoms with E-state index in [4.69, 9.17) is 23.7 Å². The monoisotopic (exact) mass is 341 g/mol. The molecule has 4 rings (SSSR count). The Morgan fingerprint density at radius 2 is 1.80 bits per heavy atom.